The zero-order valence-electron chi connectivity index (χ0n) is 67.5. The lowest BCUT2D eigenvalue weighted by Crippen LogP contribution is -2.63. The first-order chi connectivity index (χ1) is 56.7. The molecule has 1 unspecified atom stereocenters. The third-order valence-corrected chi connectivity index (χ3v) is 24.1. The summed E-state index contributed by atoms with van der Waals surface area (Å²) in [7, 11) is 4.90. The van der Waals surface area contributed by atoms with Gasteiger partial charge >= 0.3 is 24.0 Å². The Hall–Kier alpha value is -12.0. The number of likely N-dealkylation sites (N-methyl/N-ethyl adjacent to an activating group) is 1. The van der Waals surface area contributed by atoms with Crippen LogP contribution in [0.4, 0.5) is 29.7 Å². The van der Waals surface area contributed by atoms with E-state index in [1.54, 1.807) is 67.7 Å². The third kappa shape index (κ3) is 18.9. The first kappa shape index (κ1) is 84.9. The van der Waals surface area contributed by atoms with Gasteiger partial charge in [-0.15, -0.1) is 0 Å². The Morgan fingerprint density at radius 1 is 0.529 bits per heavy atom. The van der Waals surface area contributed by atoms with E-state index in [1.807, 2.05) is 53.7 Å². The molecule has 35 heteroatoms. The first-order valence-electron chi connectivity index (χ1n) is 40.6. The average molecular weight is 1650 g/mol. The minimum Gasteiger partial charge on any atom is -0.461 e. The lowest BCUT2D eigenvalue weighted by molar-refractivity contribution is -0.163. The molecular formula is C84H102F2N16O17. The van der Waals surface area contributed by atoms with Crippen LogP contribution in [0.1, 0.15) is 104 Å². The molecular weight excluding hydrogens is 1540 g/mol. The Morgan fingerprint density at radius 2 is 1.06 bits per heavy atom. The highest BCUT2D eigenvalue weighted by atomic mass is 19.1. The van der Waals surface area contributed by atoms with Gasteiger partial charge in [0.05, 0.1) is 6.10 Å². The molecule has 2 aromatic heterocycles. The number of fused-ring (bicyclic) bond motifs is 7. The molecule has 4 aromatic carbocycles. The van der Waals surface area contributed by atoms with E-state index in [0.717, 1.165) is 43.7 Å². The number of hydrogen-bond acceptors (Lipinski definition) is 17. The predicted molar refractivity (Wildman–Crippen MR) is 427 cm³/mol. The largest absolute Gasteiger partial charge is 0.461 e. The van der Waals surface area contributed by atoms with Crippen molar-refractivity contribution in [3.05, 3.63) is 132 Å². The number of carbonyl (C=O) groups excluding carboxylic acids is 14. The highest BCUT2D eigenvalue weighted by Gasteiger charge is 2.52. The van der Waals surface area contributed by atoms with E-state index in [9.17, 15) is 52.2 Å². The lowest BCUT2D eigenvalue weighted by Gasteiger charge is -2.42. The third-order valence-electron chi connectivity index (χ3n) is 24.1. The molecule has 33 nitrogen and oxygen atoms in total. The van der Waals surface area contributed by atoms with E-state index in [4.69, 9.17) is 9.47 Å². The normalized spacial score (nSPS) is 27.1. The Kier molecular flexibility index (Phi) is 25.7. The number of anilines is 2. The summed E-state index contributed by atoms with van der Waals surface area (Å²) in [5.41, 5.74) is 2.81. The molecule has 0 bridgehead atoms. The van der Waals surface area contributed by atoms with Crippen molar-refractivity contribution >= 4 is 116 Å². The summed E-state index contributed by atoms with van der Waals surface area (Å²) in [5, 5.41) is 34.7. The molecule has 0 spiro atoms. The molecule has 0 saturated carbocycles. The maximum Gasteiger partial charge on any atom is 0.329 e. The van der Waals surface area contributed by atoms with E-state index in [1.165, 1.54) is 54.3 Å². The molecule has 9 N–H and O–H groups in total. The Labute approximate surface area is 685 Å². The van der Waals surface area contributed by atoms with Crippen molar-refractivity contribution in [2.45, 2.75) is 190 Å². The quantitative estimate of drug-likeness (QED) is 0.0666. The maximum absolute atomic E-state index is 15.8. The topological polar surface area (TPSA) is 403 Å². The van der Waals surface area contributed by atoms with Gasteiger partial charge in [-0.1, -0.05) is 49.4 Å². The number of carbonyl (C=O) groups is 14. The van der Waals surface area contributed by atoms with Gasteiger partial charge in [0, 0.05) is 108 Å². The number of aliphatic hydroxyl groups excluding tert-OH is 1. The molecule has 7 saturated heterocycles. The second-order valence-electron chi connectivity index (χ2n) is 32.8. The number of amides is 14. The standard InChI is InChI=1S/C84H102F2N16O17/c1-44-30-67-81(114)118-43-61(91-71(104)59(34-49-14-10-9-11-15-49)92-83(116)89-57-21-19-53-24-28-95(6)65(53)38-57)77(110)98-26-13-17-64(98)79(112)101-41-50(18-23-62(101)73(106)87-45(2)75(108)100(67)40-44)31-52-36-68-82(115)119-48(5)69(80(113)99-27-12-16-63(99)78(111)97(8)70(47(4)103)74(107)88-46(3)76(109)102(68)42-52)94-72(105)60(35-51-32-55(85)37-56(86)33-51)93-84(117)90-58-22-20-54-25-29-96(7)66(54)39-58/h9-11,14-15,19-22,24-25,28-29,32-33,37-39,44-48,50,52,59-64,67-70,103H,12-13,16-18,23,26-27,30-31,34-36,40-43H2,1-8H3,(H,87,106)(H,88,107)(H,91,104)(H,94,105)(H2,89,92,116)(H2,90,93,117)/t44-,45+,46+,47+,48+,50?,52-,59+,60+,61+,62+,63+,64+,67+,68+,69+,70+/m1/s1. The Morgan fingerprint density at radius 3 is 1.66 bits per heavy atom. The summed E-state index contributed by atoms with van der Waals surface area (Å²) in [6.07, 6.45) is 0.798. The average Bonchev–Trinajstić information content (AvgIpc) is 1.74. The summed E-state index contributed by atoms with van der Waals surface area (Å²) >= 11 is 0. The molecule has 7 aliphatic heterocycles. The molecule has 0 aliphatic carbocycles. The maximum atomic E-state index is 15.8. The number of ether oxygens (including phenoxy) is 2. The summed E-state index contributed by atoms with van der Waals surface area (Å²) in [6, 6.07) is 6.16. The fourth-order valence-electron chi connectivity index (χ4n) is 18.0. The number of aromatic nitrogens is 2. The number of rotatable bonds is 15. The van der Waals surface area contributed by atoms with Gasteiger partial charge in [-0.3, -0.25) is 47.9 Å². The van der Waals surface area contributed by atoms with Crippen LogP contribution in [0, 0.1) is 29.4 Å². The minimum atomic E-state index is -1.91. The van der Waals surface area contributed by atoms with Crippen LogP contribution in [-0.4, -0.2) is 258 Å². The number of urea groups is 2. The van der Waals surface area contributed by atoms with Gasteiger partial charge in [-0.25, -0.2) is 28.0 Å². The number of halogens is 2. The van der Waals surface area contributed by atoms with Crippen LogP contribution in [0.2, 0.25) is 0 Å². The zero-order chi connectivity index (χ0) is 85.1. The van der Waals surface area contributed by atoms with Crippen LogP contribution in [0.25, 0.3) is 21.8 Å². The van der Waals surface area contributed by atoms with E-state index in [0.29, 0.717) is 23.0 Å². The van der Waals surface area contributed by atoms with Crippen LogP contribution >= 0.6 is 0 Å². The molecule has 634 valence electrons. The molecule has 9 heterocycles. The number of nitrogens with zero attached hydrogens (tertiary/aromatic N) is 8. The monoisotopic (exact) mass is 1640 g/mol. The number of benzene rings is 4. The summed E-state index contributed by atoms with van der Waals surface area (Å²) in [6.45, 7) is 6.05. The van der Waals surface area contributed by atoms with Crippen LogP contribution < -0.4 is 42.5 Å². The number of hydrogen-bond donors (Lipinski definition) is 9. The van der Waals surface area contributed by atoms with Gasteiger partial charge in [0.1, 0.15) is 96.8 Å². The van der Waals surface area contributed by atoms with E-state index >= 15 is 28.8 Å². The highest BCUT2D eigenvalue weighted by Crippen LogP contribution is 2.37. The number of aryl methyl sites for hydroxylation is 2. The highest BCUT2D eigenvalue weighted by molar-refractivity contribution is 6.02. The van der Waals surface area contributed by atoms with Crippen LogP contribution in [0.5, 0.6) is 0 Å². The first-order valence-corrected chi connectivity index (χ1v) is 40.6. The fraction of sp³-hybridized carbons (Fsp3) is 0.500. The van der Waals surface area contributed by atoms with Crippen molar-refractivity contribution in [2.75, 3.05) is 57.0 Å². The Bertz CT molecular complexity index is 4920. The SMILES string of the molecule is C[C@@H]1C[C@H]2C(=O)OC[C@H](NC(=O)[C@H](Cc3ccccc3)NC(=O)Nc3ccc4ccn(C)c4c3)C(=O)N3CCC[C@H]3C(=O)N3CC(C[C@@H]4C[C@H]5C(=O)O[C@@H](C)[C@H](NC(=O)[C@H](Cc6cc(F)cc(F)c6)NC(=O)Nc6ccc7ccn(C)c7c6)C(=O)N6CCC[C@H]6C(=O)N(C)[C@@H]([C@H](C)O)C(=O)N[C@@H](C)C(=O)N5C4)CC[C@H]3C(=O)N[C@@H](C)C(=O)N2C1. The van der Waals surface area contributed by atoms with E-state index in [-0.39, 0.29) is 108 Å². The second-order valence-corrected chi connectivity index (χ2v) is 32.8. The molecule has 13 rings (SSSR count). The number of nitrogens with one attached hydrogen (secondary N) is 8. The van der Waals surface area contributed by atoms with Gasteiger partial charge in [-0.2, -0.15) is 0 Å². The van der Waals surface area contributed by atoms with E-state index in [2.05, 4.69) is 42.5 Å². The molecule has 119 heavy (non-hydrogen) atoms. The fourth-order valence-corrected chi connectivity index (χ4v) is 18.0. The minimum absolute atomic E-state index is 0.00529. The van der Waals surface area contributed by atoms with Crippen LogP contribution in [0.3, 0.4) is 0 Å². The van der Waals surface area contributed by atoms with Crippen LogP contribution in [0.15, 0.2) is 109 Å². The van der Waals surface area contributed by atoms with Gasteiger partial charge in [0.25, 0.3) is 0 Å². The van der Waals surface area contributed by atoms with E-state index < -0.39 is 204 Å². The van der Waals surface area contributed by atoms with Gasteiger partial charge in [0.2, 0.25) is 59.1 Å². The molecule has 14 amide bonds. The van der Waals surface area contributed by atoms with Crippen molar-refractivity contribution in [1.82, 2.24) is 70.4 Å². The van der Waals surface area contributed by atoms with Gasteiger partial charge < -0.3 is 95.6 Å². The summed E-state index contributed by atoms with van der Waals surface area (Å²) in [5.74, 6) is -13.7. The molecule has 17 atom stereocenters. The second kappa shape index (κ2) is 36.0. The van der Waals surface area contributed by atoms with Gasteiger partial charge in [0.15, 0.2) is 0 Å². The summed E-state index contributed by atoms with van der Waals surface area (Å²) < 4.78 is 45.7. The van der Waals surface area contributed by atoms with Crippen molar-refractivity contribution in [3.8, 4) is 0 Å². The summed E-state index contributed by atoms with van der Waals surface area (Å²) in [4.78, 5) is 216. The van der Waals surface area contributed by atoms with Crippen molar-refractivity contribution in [2.24, 2.45) is 31.8 Å². The zero-order valence-corrected chi connectivity index (χ0v) is 67.5. The number of cyclic esters (lactones) is 2. The van der Waals surface area contributed by atoms with Crippen molar-refractivity contribution < 1.29 is 90.5 Å². The predicted octanol–water partition coefficient (Wildman–Crippen LogP) is 3.24. The van der Waals surface area contributed by atoms with Gasteiger partial charge in [-0.05, 0) is 174 Å². The van der Waals surface area contributed by atoms with Crippen LogP contribution in [-0.2, 0) is 93.9 Å². The lowest BCUT2D eigenvalue weighted by atomic mass is 9.84. The molecule has 7 aliphatic rings. The molecule has 0 radical (unpaired) electrons. The van der Waals surface area contributed by atoms with Crippen molar-refractivity contribution in [1.29, 1.82) is 0 Å². The number of aliphatic hydroxyl groups is 1. The number of esters is 2. The molecule has 6 aromatic rings. The Balaban J connectivity index is 0.779. The smallest absolute Gasteiger partial charge is 0.329 e. The van der Waals surface area contributed by atoms with Crippen molar-refractivity contribution in [3.63, 3.8) is 0 Å². The molecule has 7 fully saturated rings. The number of piperidine rings is 1.